The van der Waals surface area contributed by atoms with Crippen molar-refractivity contribution in [2.24, 2.45) is 4.99 Å². The van der Waals surface area contributed by atoms with Crippen molar-refractivity contribution in [3.63, 3.8) is 0 Å². The topological polar surface area (TPSA) is 52.8 Å². The van der Waals surface area contributed by atoms with Gasteiger partial charge in [0.2, 0.25) is 0 Å². The third-order valence-corrected chi connectivity index (χ3v) is 7.19. The number of phenols is 2. The highest BCUT2D eigenvalue weighted by atomic mass is 16.3. The van der Waals surface area contributed by atoms with Gasteiger partial charge < -0.3 is 10.2 Å². The highest BCUT2D eigenvalue weighted by molar-refractivity contribution is 6.01. The van der Waals surface area contributed by atoms with E-state index < -0.39 is 0 Å². The maximum atomic E-state index is 11.2. The Morgan fingerprint density at radius 1 is 0.744 bits per heavy atom. The molecule has 3 heteroatoms. The summed E-state index contributed by atoms with van der Waals surface area (Å²) >= 11 is 0. The number of aromatic hydroxyl groups is 2. The largest absolute Gasteiger partial charge is 0.508 e. The molecule has 0 bridgehead atoms. The molecule has 0 spiro atoms. The van der Waals surface area contributed by atoms with Crippen LogP contribution < -0.4 is 0 Å². The minimum absolute atomic E-state index is 0.0911. The molecule has 0 aromatic heterocycles. The van der Waals surface area contributed by atoms with Gasteiger partial charge in [-0.2, -0.15) is 0 Å². The number of rotatable bonds is 8. The number of aliphatic imine (C=N–C) groups is 1. The van der Waals surface area contributed by atoms with Crippen molar-refractivity contribution in [3.8, 4) is 22.6 Å². The molecule has 0 radical (unpaired) electrons. The molecule has 0 aliphatic rings. The molecule has 0 aliphatic carbocycles. The Hall–Kier alpha value is -4.11. The molecule has 4 aromatic rings. The Morgan fingerprint density at radius 2 is 1.38 bits per heavy atom. The number of allylic oxidation sites excluding steroid dienone is 4. The first kappa shape index (κ1) is 27.9. The number of benzene rings is 4. The molecule has 4 aromatic carbocycles. The van der Waals surface area contributed by atoms with E-state index in [0.29, 0.717) is 17.6 Å². The first-order chi connectivity index (χ1) is 18.7. The second-order valence-corrected chi connectivity index (χ2v) is 10.9. The predicted molar refractivity (Wildman–Crippen MR) is 167 cm³/mol. The molecule has 0 amide bonds. The molecular formula is C36H39NO2. The molecule has 0 saturated heterocycles. The summed E-state index contributed by atoms with van der Waals surface area (Å²) in [5, 5.41) is 23.0. The van der Waals surface area contributed by atoms with Gasteiger partial charge in [0.25, 0.3) is 0 Å². The average Bonchev–Trinajstić information content (AvgIpc) is 2.91. The Balaban J connectivity index is 1.65. The van der Waals surface area contributed by atoms with E-state index >= 15 is 0 Å². The van der Waals surface area contributed by atoms with Crippen molar-refractivity contribution in [2.45, 2.75) is 59.3 Å². The second kappa shape index (κ2) is 12.2. The minimum Gasteiger partial charge on any atom is -0.508 e. The van der Waals surface area contributed by atoms with Crippen molar-refractivity contribution in [1.29, 1.82) is 0 Å². The van der Waals surface area contributed by atoms with Gasteiger partial charge in [-0.1, -0.05) is 101 Å². The van der Waals surface area contributed by atoms with E-state index in [-0.39, 0.29) is 11.7 Å². The molecule has 4 rings (SSSR count). The van der Waals surface area contributed by atoms with E-state index in [1.807, 2.05) is 67.8 Å². The van der Waals surface area contributed by atoms with Gasteiger partial charge in [0.05, 0.1) is 5.69 Å². The maximum Gasteiger partial charge on any atom is 0.126 e. The number of hydrogen-bond acceptors (Lipinski definition) is 3. The highest BCUT2D eigenvalue weighted by Gasteiger charge is 2.17. The summed E-state index contributed by atoms with van der Waals surface area (Å²) in [6.45, 7) is 12.9. The van der Waals surface area contributed by atoms with E-state index in [1.54, 1.807) is 6.07 Å². The first-order valence-electron chi connectivity index (χ1n) is 13.7. The van der Waals surface area contributed by atoms with E-state index in [4.69, 9.17) is 4.99 Å². The molecular weight excluding hydrogens is 478 g/mol. The van der Waals surface area contributed by atoms with Crippen LogP contribution in [0, 0.1) is 0 Å². The van der Waals surface area contributed by atoms with Crippen LogP contribution in [0.1, 0.15) is 76.0 Å². The van der Waals surface area contributed by atoms with Crippen molar-refractivity contribution in [1.82, 2.24) is 0 Å². The molecule has 200 valence electrons. The zero-order valence-electron chi connectivity index (χ0n) is 23.8. The van der Waals surface area contributed by atoms with Gasteiger partial charge in [-0.15, -0.1) is 0 Å². The lowest BCUT2D eigenvalue weighted by atomic mass is 9.84. The number of hydrogen-bond donors (Lipinski definition) is 2. The zero-order valence-corrected chi connectivity index (χ0v) is 23.8. The SMILES string of the molecule is CC(/C=N/c1cccc2cc(-c3c(C(C)C)cccc3C(C)C)cc(O)c12)=C\C=C/C(C)c1ccccc1O. The van der Waals surface area contributed by atoms with Crippen LogP contribution in [0.3, 0.4) is 0 Å². The van der Waals surface area contributed by atoms with E-state index in [1.165, 1.54) is 16.7 Å². The monoisotopic (exact) mass is 517 g/mol. The smallest absolute Gasteiger partial charge is 0.126 e. The van der Waals surface area contributed by atoms with Crippen LogP contribution in [0.5, 0.6) is 11.5 Å². The van der Waals surface area contributed by atoms with Crippen LogP contribution >= 0.6 is 0 Å². The lowest BCUT2D eigenvalue weighted by molar-refractivity contribution is 0.466. The molecule has 39 heavy (non-hydrogen) atoms. The van der Waals surface area contributed by atoms with Gasteiger partial charge in [-0.25, -0.2) is 0 Å². The van der Waals surface area contributed by atoms with E-state index in [0.717, 1.165) is 33.2 Å². The molecule has 0 aliphatic heterocycles. The summed E-state index contributed by atoms with van der Waals surface area (Å²) in [7, 11) is 0. The Kier molecular flexibility index (Phi) is 8.71. The van der Waals surface area contributed by atoms with Crippen molar-refractivity contribution in [3.05, 3.63) is 113 Å². The standard InChI is InChI=1S/C36H39NO2/c1-23(2)29-16-11-17-30(24(3)4)35(29)28-20-27-14-10-18-32(36(27)34(39)21-28)37-22-25(5)12-9-13-26(6)31-15-7-8-19-33(31)38/h7-24,26,38-39H,1-6H3/b13-9-,25-12+,37-22+. The normalized spacial score (nSPS) is 13.4. The van der Waals surface area contributed by atoms with Crippen molar-refractivity contribution < 1.29 is 10.2 Å². The summed E-state index contributed by atoms with van der Waals surface area (Å²) in [5.74, 6) is 1.38. The van der Waals surface area contributed by atoms with Crippen LogP contribution in [0.15, 0.2) is 102 Å². The number of nitrogens with zero attached hydrogens (tertiary/aromatic N) is 1. The summed E-state index contributed by atoms with van der Waals surface area (Å²) < 4.78 is 0. The van der Waals surface area contributed by atoms with Gasteiger partial charge in [0.15, 0.2) is 0 Å². The molecule has 2 N–H and O–H groups in total. The number of para-hydroxylation sites is 1. The van der Waals surface area contributed by atoms with Gasteiger partial charge in [0, 0.05) is 23.1 Å². The quantitative estimate of drug-likeness (QED) is 0.180. The summed E-state index contributed by atoms with van der Waals surface area (Å²) in [6.07, 6.45) is 7.86. The predicted octanol–water partition coefficient (Wildman–Crippen LogP) is 10.2. The molecule has 0 fully saturated rings. The van der Waals surface area contributed by atoms with Gasteiger partial charge >= 0.3 is 0 Å². The summed E-state index contributed by atoms with van der Waals surface area (Å²) in [5.41, 5.74) is 7.45. The molecule has 3 nitrogen and oxygen atoms in total. The number of phenolic OH excluding ortho intramolecular Hbond substituents is 2. The lowest BCUT2D eigenvalue weighted by Gasteiger charge is -2.20. The fraction of sp³-hybridized carbons (Fsp3) is 0.250. The zero-order chi connectivity index (χ0) is 28.1. The van der Waals surface area contributed by atoms with Crippen LogP contribution in [-0.4, -0.2) is 16.4 Å². The van der Waals surface area contributed by atoms with Crippen LogP contribution in [-0.2, 0) is 0 Å². The van der Waals surface area contributed by atoms with Crippen LogP contribution in [0.2, 0.25) is 0 Å². The fourth-order valence-corrected chi connectivity index (χ4v) is 5.09. The molecule has 0 heterocycles. The van der Waals surface area contributed by atoms with Crippen LogP contribution in [0.25, 0.3) is 21.9 Å². The average molecular weight is 518 g/mol. The number of fused-ring (bicyclic) bond motifs is 1. The molecule has 0 saturated carbocycles. The van der Waals surface area contributed by atoms with Gasteiger partial charge in [-0.3, -0.25) is 4.99 Å². The van der Waals surface area contributed by atoms with Crippen LogP contribution in [0.4, 0.5) is 5.69 Å². The molecule has 1 atom stereocenters. The maximum absolute atomic E-state index is 11.2. The van der Waals surface area contributed by atoms with Crippen molar-refractivity contribution >= 4 is 22.7 Å². The summed E-state index contributed by atoms with van der Waals surface area (Å²) in [4.78, 5) is 4.73. The van der Waals surface area contributed by atoms with E-state index in [2.05, 4.69) is 65.0 Å². The lowest BCUT2D eigenvalue weighted by Crippen LogP contribution is -1.99. The Morgan fingerprint density at radius 3 is 2.05 bits per heavy atom. The third kappa shape index (κ3) is 6.31. The Labute approximate surface area is 232 Å². The molecule has 1 unspecified atom stereocenters. The minimum atomic E-state index is 0.0911. The van der Waals surface area contributed by atoms with E-state index in [9.17, 15) is 10.2 Å². The highest BCUT2D eigenvalue weighted by Crippen LogP contribution is 2.42. The first-order valence-corrected chi connectivity index (χ1v) is 13.7. The van der Waals surface area contributed by atoms with Gasteiger partial charge in [-0.05, 0) is 76.2 Å². The summed E-state index contributed by atoms with van der Waals surface area (Å²) in [6, 6.07) is 24.0. The van der Waals surface area contributed by atoms with Gasteiger partial charge in [0.1, 0.15) is 11.5 Å². The van der Waals surface area contributed by atoms with Crippen molar-refractivity contribution in [2.75, 3.05) is 0 Å². The second-order valence-electron chi connectivity index (χ2n) is 10.9. The third-order valence-electron chi connectivity index (χ3n) is 7.19. The fourth-order valence-electron chi connectivity index (χ4n) is 5.09. The Bertz CT molecular complexity index is 1530.